The molecule has 3 heteroatoms. The van der Waals surface area contributed by atoms with Crippen molar-refractivity contribution in [2.45, 2.75) is 0 Å². The Morgan fingerprint density at radius 2 is 0.945 bits per heavy atom. The molecule has 11 rings (SSSR count). The van der Waals surface area contributed by atoms with E-state index in [-0.39, 0.29) is 0 Å². The summed E-state index contributed by atoms with van der Waals surface area (Å²) in [6.07, 6.45) is 0. The van der Waals surface area contributed by atoms with Crippen molar-refractivity contribution in [3.63, 3.8) is 0 Å². The van der Waals surface area contributed by atoms with Gasteiger partial charge < -0.3 is 13.7 Å². The summed E-state index contributed by atoms with van der Waals surface area (Å²) >= 11 is 0. The Bertz CT molecular complexity index is 3140. The number of hydrogen-bond acceptors (Lipinski definition) is 3. The average Bonchev–Trinajstić information content (AvgIpc) is 3.84. The number of fused-ring (bicyclic) bond motifs is 8. The number of benzene rings is 9. The highest BCUT2D eigenvalue weighted by Crippen LogP contribution is 2.46. The van der Waals surface area contributed by atoms with Crippen molar-refractivity contribution in [3.05, 3.63) is 200 Å². The lowest BCUT2D eigenvalue weighted by molar-refractivity contribution is 0.670. The van der Waals surface area contributed by atoms with Crippen molar-refractivity contribution in [2.75, 3.05) is 4.90 Å². The summed E-state index contributed by atoms with van der Waals surface area (Å²) in [7, 11) is 0. The molecule has 0 amide bonds. The van der Waals surface area contributed by atoms with Gasteiger partial charge in [0.15, 0.2) is 0 Å². The molecular weight excluding hydrogens is 671 g/mol. The number of para-hydroxylation sites is 2. The molecule has 0 unspecified atom stereocenters. The van der Waals surface area contributed by atoms with Crippen LogP contribution in [-0.4, -0.2) is 0 Å². The van der Waals surface area contributed by atoms with Crippen LogP contribution in [0.25, 0.3) is 88.0 Å². The molecule has 11 aromatic rings. The van der Waals surface area contributed by atoms with Crippen LogP contribution in [0.3, 0.4) is 0 Å². The van der Waals surface area contributed by atoms with Gasteiger partial charge in [0.25, 0.3) is 0 Å². The van der Waals surface area contributed by atoms with Crippen LogP contribution in [0.15, 0.2) is 209 Å². The lowest BCUT2D eigenvalue weighted by Gasteiger charge is -2.28. The van der Waals surface area contributed by atoms with E-state index in [1.165, 1.54) is 0 Å². The number of anilines is 3. The van der Waals surface area contributed by atoms with Gasteiger partial charge in [0, 0.05) is 38.5 Å². The summed E-state index contributed by atoms with van der Waals surface area (Å²) in [5.41, 5.74) is 13.5. The zero-order valence-corrected chi connectivity index (χ0v) is 29.8. The number of furan rings is 2. The molecule has 55 heavy (non-hydrogen) atoms. The molecule has 0 N–H and O–H groups in total. The standard InChI is InChI=1S/C52H33NO2/c1-3-13-34(14-4-1)38-31-39(35-15-5-2-6-16-35)33-41(32-38)53(47-22-12-24-49-50(47)46-30-27-36-17-7-8-18-42(36)52(46)55-49)40-28-25-37(26-29-40)43-20-11-21-45-44-19-9-10-23-48(44)54-51(43)45/h1-33H. The molecule has 0 fully saturated rings. The van der Waals surface area contributed by atoms with E-state index in [0.717, 1.165) is 105 Å². The summed E-state index contributed by atoms with van der Waals surface area (Å²) in [5.74, 6) is 0. The van der Waals surface area contributed by atoms with E-state index >= 15 is 0 Å². The molecular formula is C52H33NO2. The van der Waals surface area contributed by atoms with Crippen LogP contribution in [0.1, 0.15) is 0 Å². The van der Waals surface area contributed by atoms with Gasteiger partial charge in [-0.1, -0.05) is 146 Å². The minimum Gasteiger partial charge on any atom is -0.455 e. The molecule has 2 aromatic heterocycles. The predicted octanol–water partition coefficient (Wildman–Crippen LogP) is 15.1. The molecule has 0 saturated carbocycles. The van der Waals surface area contributed by atoms with Crippen LogP contribution in [-0.2, 0) is 0 Å². The van der Waals surface area contributed by atoms with E-state index in [2.05, 4.69) is 193 Å². The Kier molecular flexibility index (Phi) is 7.17. The van der Waals surface area contributed by atoms with Crippen LogP contribution in [0.4, 0.5) is 17.1 Å². The molecule has 0 radical (unpaired) electrons. The fourth-order valence-electron chi connectivity index (χ4n) is 8.25. The zero-order valence-electron chi connectivity index (χ0n) is 29.8. The summed E-state index contributed by atoms with van der Waals surface area (Å²) in [4.78, 5) is 2.39. The van der Waals surface area contributed by atoms with Crippen molar-refractivity contribution in [1.82, 2.24) is 0 Å². The summed E-state index contributed by atoms with van der Waals surface area (Å²) < 4.78 is 13.2. The maximum atomic E-state index is 6.72. The number of rotatable bonds is 6. The Morgan fingerprint density at radius 3 is 1.71 bits per heavy atom. The van der Waals surface area contributed by atoms with Crippen LogP contribution in [0, 0.1) is 0 Å². The molecule has 2 heterocycles. The minimum absolute atomic E-state index is 0.851. The first-order valence-electron chi connectivity index (χ1n) is 18.7. The topological polar surface area (TPSA) is 29.5 Å². The third-order valence-corrected chi connectivity index (χ3v) is 10.8. The Balaban J connectivity index is 1.16. The molecule has 0 atom stereocenters. The SMILES string of the molecule is c1ccc(-c2cc(-c3ccccc3)cc(N(c3ccc(-c4cccc5c4oc4ccccc45)cc3)c3cccc4oc5c6ccccc6ccc5c34)c2)cc1. The maximum Gasteiger partial charge on any atom is 0.143 e. The largest absolute Gasteiger partial charge is 0.455 e. The van der Waals surface area contributed by atoms with Gasteiger partial charge in [-0.15, -0.1) is 0 Å². The highest BCUT2D eigenvalue weighted by Gasteiger charge is 2.22. The Hall–Kier alpha value is -7.36. The van der Waals surface area contributed by atoms with E-state index in [9.17, 15) is 0 Å². The summed E-state index contributed by atoms with van der Waals surface area (Å²) in [5, 5.41) is 6.68. The third kappa shape index (κ3) is 5.20. The van der Waals surface area contributed by atoms with Gasteiger partial charge in [-0.05, 0) is 87.8 Å². The Morgan fingerprint density at radius 1 is 0.327 bits per heavy atom. The van der Waals surface area contributed by atoms with Crippen molar-refractivity contribution >= 4 is 71.7 Å². The average molecular weight is 704 g/mol. The van der Waals surface area contributed by atoms with E-state index < -0.39 is 0 Å². The molecule has 0 aliphatic carbocycles. The summed E-state index contributed by atoms with van der Waals surface area (Å²) in [6.45, 7) is 0. The van der Waals surface area contributed by atoms with Crippen LogP contribution in [0.5, 0.6) is 0 Å². The third-order valence-electron chi connectivity index (χ3n) is 10.8. The van der Waals surface area contributed by atoms with Crippen LogP contribution >= 0.6 is 0 Å². The minimum atomic E-state index is 0.851. The zero-order chi connectivity index (χ0) is 36.3. The van der Waals surface area contributed by atoms with Crippen LogP contribution < -0.4 is 4.90 Å². The highest BCUT2D eigenvalue weighted by atomic mass is 16.3. The molecule has 258 valence electrons. The predicted molar refractivity (Wildman–Crippen MR) is 229 cm³/mol. The van der Waals surface area contributed by atoms with Gasteiger partial charge in [0.1, 0.15) is 22.3 Å². The van der Waals surface area contributed by atoms with E-state index in [4.69, 9.17) is 8.83 Å². The van der Waals surface area contributed by atoms with Gasteiger partial charge in [0.05, 0.1) is 11.1 Å². The number of nitrogens with zero attached hydrogens (tertiary/aromatic N) is 1. The van der Waals surface area contributed by atoms with Gasteiger partial charge in [-0.3, -0.25) is 0 Å². The second kappa shape index (κ2) is 12.6. The van der Waals surface area contributed by atoms with Crippen molar-refractivity contribution in [3.8, 4) is 33.4 Å². The molecule has 3 nitrogen and oxygen atoms in total. The lowest BCUT2D eigenvalue weighted by Crippen LogP contribution is -2.11. The summed E-state index contributed by atoms with van der Waals surface area (Å²) in [6, 6.07) is 71.0. The first-order chi connectivity index (χ1) is 27.3. The molecule has 0 saturated heterocycles. The van der Waals surface area contributed by atoms with Crippen molar-refractivity contribution in [2.24, 2.45) is 0 Å². The number of hydrogen-bond donors (Lipinski definition) is 0. The molecule has 0 spiro atoms. The van der Waals surface area contributed by atoms with E-state index in [1.807, 2.05) is 12.1 Å². The first kappa shape index (κ1) is 31.2. The van der Waals surface area contributed by atoms with Crippen molar-refractivity contribution < 1.29 is 8.83 Å². The highest BCUT2D eigenvalue weighted by molar-refractivity contribution is 6.19. The molecule has 0 aliphatic rings. The fourth-order valence-corrected chi connectivity index (χ4v) is 8.25. The normalized spacial score (nSPS) is 11.6. The van der Waals surface area contributed by atoms with Gasteiger partial charge >= 0.3 is 0 Å². The van der Waals surface area contributed by atoms with Gasteiger partial charge in [0.2, 0.25) is 0 Å². The smallest absolute Gasteiger partial charge is 0.143 e. The van der Waals surface area contributed by atoms with Crippen LogP contribution in [0.2, 0.25) is 0 Å². The molecule has 9 aromatic carbocycles. The maximum absolute atomic E-state index is 6.72. The molecule has 0 aliphatic heterocycles. The van der Waals surface area contributed by atoms with E-state index in [1.54, 1.807) is 0 Å². The first-order valence-corrected chi connectivity index (χ1v) is 18.7. The quantitative estimate of drug-likeness (QED) is 0.173. The monoisotopic (exact) mass is 703 g/mol. The van der Waals surface area contributed by atoms with Gasteiger partial charge in [-0.25, -0.2) is 0 Å². The Labute approximate surface area is 317 Å². The second-order valence-corrected chi connectivity index (χ2v) is 14.1. The van der Waals surface area contributed by atoms with E-state index in [0.29, 0.717) is 0 Å². The van der Waals surface area contributed by atoms with Gasteiger partial charge in [-0.2, -0.15) is 0 Å². The lowest BCUT2D eigenvalue weighted by atomic mass is 9.96. The molecule has 0 bridgehead atoms. The fraction of sp³-hybridized carbons (Fsp3) is 0. The second-order valence-electron chi connectivity index (χ2n) is 14.1. The van der Waals surface area contributed by atoms with Crippen molar-refractivity contribution in [1.29, 1.82) is 0 Å².